The van der Waals surface area contributed by atoms with Crippen LogP contribution in [-0.2, 0) is 0 Å². The van der Waals surface area contributed by atoms with Crippen molar-refractivity contribution in [2.75, 3.05) is 13.6 Å². The molecule has 2 heteroatoms. The van der Waals surface area contributed by atoms with Gasteiger partial charge >= 0.3 is 0 Å². The third-order valence-electron chi connectivity index (χ3n) is 2.95. The standard InChI is InChI=1S/C8H16FN/c1-6-7(2)10(3)5-4-8(6)9/h6-8H,4-5H2,1-3H3/p+1. The number of quaternary nitrogens is 1. The molecule has 4 unspecified atom stereocenters. The Kier molecular flexibility index (Phi) is 2.29. The van der Waals surface area contributed by atoms with Crippen LogP contribution in [0.2, 0.25) is 0 Å². The summed E-state index contributed by atoms with van der Waals surface area (Å²) >= 11 is 0. The summed E-state index contributed by atoms with van der Waals surface area (Å²) < 4.78 is 13.0. The number of alkyl halides is 1. The molecule has 1 aliphatic heterocycles. The van der Waals surface area contributed by atoms with Gasteiger partial charge in [0.05, 0.1) is 19.6 Å². The molecule has 60 valence electrons. The van der Waals surface area contributed by atoms with Gasteiger partial charge in [0.25, 0.3) is 0 Å². The number of likely N-dealkylation sites (tertiary alicyclic amines) is 1. The van der Waals surface area contributed by atoms with Gasteiger partial charge in [-0.3, -0.25) is 0 Å². The average Bonchev–Trinajstić information content (AvgIpc) is 1.93. The number of piperidine rings is 1. The van der Waals surface area contributed by atoms with Gasteiger partial charge in [0.15, 0.2) is 0 Å². The molecule has 0 spiro atoms. The molecule has 1 aliphatic rings. The Bertz CT molecular complexity index is 102. The van der Waals surface area contributed by atoms with Crippen molar-refractivity contribution in [1.82, 2.24) is 0 Å². The molecule has 1 nitrogen and oxygen atoms in total. The summed E-state index contributed by atoms with van der Waals surface area (Å²) in [4.78, 5) is 1.47. The first kappa shape index (κ1) is 7.99. The Hall–Kier alpha value is -0.110. The highest BCUT2D eigenvalue weighted by Crippen LogP contribution is 2.15. The molecular formula is C8H17FN+. The molecule has 0 saturated carbocycles. The molecule has 0 radical (unpaired) electrons. The van der Waals surface area contributed by atoms with Crippen molar-refractivity contribution >= 4 is 0 Å². The highest BCUT2D eigenvalue weighted by molar-refractivity contribution is 4.72. The van der Waals surface area contributed by atoms with Crippen molar-refractivity contribution in [3.63, 3.8) is 0 Å². The summed E-state index contributed by atoms with van der Waals surface area (Å²) in [6, 6.07) is 0.490. The second-order valence-electron chi connectivity index (χ2n) is 3.55. The Labute approximate surface area is 62.2 Å². The van der Waals surface area contributed by atoms with Crippen molar-refractivity contribution in [2.24, 2.45) is 5.92 Å². The van der Waals surface area contributed by atoms with E-state index in [1.807, 2.05) is 6.92 Å². The lowest BCUT2D eigenvalue weighted by Gasteiger charge is -2.34. The number of nitrogens with one attached hydrogen (secondary N) is 1. The van der Waals surface area contributed by atoms with E-state index in [4.69, 9.17) is 0 Å². The number of rotatable bonds is 0. The number of halogens is 1. The van der Waals surface area contributed by atoms with Crippen LogP contribution in [0.1, 0.15) is 20.3 Å². The summed E-state index contributed by atoms with van der Waals surface area (Å²) in [5.41, 5.74) is 0. The van der Waals surface area contributed by atoms with Gasteiger partial charge < -0.3 is 4.90 Å². The smallest absolute Gasteiger partial charge is 0.114 e. The zero-order chi connectivity index (χ0) is 7.72. The van der Waals surface area contributed by atoms with E-state index in [0.717, 1.165) is 13.0 Å². The quantitative estimate of drug-likeness (QED) is 0.500. The fraction of sp³-hybridized carbons (Fsp3) is 1.00. The van der Waals surface area contributed by atoms with E-state index in [2.05, 4.69) is 14.0 Å². The molecule has 1 N–H and O–H groups in total. The van der Waals surface area contributed by atoms with E-state index >= 15 is 0 Å². The molecule has 1 saturated heterocycles. The zero-order valence-electron chi connectivity index (χ0n) is 7.02. The molecule has 10 heavy (non-hydrogen) atoms. The third-order valence-corrected chi connectivity index (χ3v) is 2.95. The van der Waals surface area contributed by atoms with Crippen LogP contribution >= 0.6 is 0 Å². The first-order valence-corrected chi connectivity index (χ1v) is 4.09. The Morgan fingerprint density at radius 2 is 2.00 bits per heavy atom. The Morgan fingerprint density at radius 1 is 1.40 bits per heavy atom. The van der Waals surface area contributed by atoms with Gasteiger partial charge in [-0.25, -0.2) is 4.39 Å². The largest absolute Gasteiger partial charge is 0.335 e. The van der Waals surface area contributed by atoms with Crippen molar-refractivity contribution in [3.8, 4) is 0 Å². The third kappa shape index (κ3) is 1.31. The van der Waals surface area contributed by atoms with Gasteiger partial charge in [-0.05, 0) is 6.92 Å². The van der Waals surface area contributed by atoms with E-state index < -0.39 is 6.17 Å². The normalized spacial score (nSPS) is 49.2. The maximum atomic E-state index is 13.0. The van der Waals surface area contributed by atoms with Crippen LogP contribution < -0.4 is 4.90 Å². The molecule has 0 aliphatic carbocycles. The number of hydrogen-bond donors (Lipinski definition) is 1. The van der Waals surface area contributed by atoms with Crippen LogP contribution in [-0.4, -0.2) is 25.8 Å². The van der Waals surface area contributed by atoms with E-state index in [1.165, 1.54) is 4.90 Å². The average molecular weight is 146 g/mol. The van der Waals surface area contributed by atoms with Crippen LogP contribution in [0.25, 0.3) is 0 Å². The molecule has 0 bridgehead atoms. The predicted octanol–water partition coefficient (Wildman–Crippen LogP) is 0.268. The zero-order valence-corrected chi connectivity index (χ0v) is 7.02. The van der Waals surface area contributed by atoms with Gasteiger partial charge in [0.1, 0.15) is 6.17 Å². The van der Waals surface area contributed by atoms with E-state index in [-0.39, 0.29) is 5.92 Å². The molecule has 0 aromatic heterocycles. The second kappa shape index (κ2) is 2.87. The molecule has 0 amide bonds. The minimum Gasteiger partial charge on any atom is -0.335 e. The highest BCUT2D eigenvalue weighted by Gasteiger charge is 2.33. The first-order chi connectivity index (χ1) is 4.63. The van der Waals surface area contributed by atoms with Gasteiger partial charge in [-0.15, -0.1) is 0 Å². The summed E-state index contributed by atoms with van der Waals surface area (Å²) in [5.74, 6) is 0.244. The number of hydrogen-bond acceptors (Lipinski definition) is 0. The summed E-state index contributed by atoms with van der Waals surface area (Å²) in [5, 5.41) is 0. The molecule has 4 atom stereocenters. The van der Waals surface area contributed by atoms with Crippen LogP contribution in [0, 0.1) is 5.92 Å². The van der Waals surface area contributed by atoms with Crippen LogP contribution in [0.5, 0.6) is 0 Å². The van der Waals surface area contributed by atoms with Crippen LogP contribution in [0.3, 0.4) is 0 Å². The van der Waals surface area contributed by atoms with Crippen molar-refractivity contribution in [2.45, 2.75) is 32.5 Å². The monoisotopic (exact) mass is 146 g/mol. The van der Waals surface area contributed by atoms with Crippen molar-refractivity contribution < 1.29 is 9.29 Å². The van der Waals surface area contributed by atoms with Crippen molar-refractivity contribution in [1.29, 1.82) is 0 Å². The second-order valence-corrected chi connectivity index (χ2v) is 3.55. The fourth-order valence-electron chi connectivity index (χ4n) is 1.62. The lowest BCUT2D eigenvalue weighted by atomic mass is 9.91. The molecule has 1 rings (SSSR count). The first-order valence-electron chi connectivity index (χ1n) is 4.09. The summed E-state index contributed by atoms with van der Waals surface area (Å²) in [6.45, 7) is 5.14. The van der Waals surface area contributed by atoms with Crippen LogP contribution in [0.15, 0.2) is 0 Å². The minimum atomic E-state index is -0.557. The SMILES string of the molecule is CC1C(F)CC[NH+](C)C1C. The minimum absolute atomic E-state index is 0.244. The molecular weight excluding hydrogens is 129 g/mol. The predicted molar refractivity (Wildman–Crippen MR) is 39.9 cm³/mol. The summed E-state index contributed by atoms with van der Waals surface area (Å²) in [6.07, 6.45) is 0.191. The lowest BCUT2D eigenvalue weighted by Crippen LogP contribution is -3.14. The van der Waals surface area contributed by atoms with Crippen LogP contribution in [0.4, 0.5) is 4.39 Å². The van der Waals surface area contributed by atoms with Gasteiger partial charge in [-0.1, -0.05) is 6.92 Å². The fourth-order valence-corrected chi connectivity index (χ4v) is 1.62. The van der Waals surface area contributed by atoms with E-state index in [0.29, 0.717) is 6.04 Å². The topological polar surface area (TPSA) is 4.44 Å². The van der Waals surface area contributed by atoms with Gasteiger partial charge in [0, 0.05) is 12.3 Å². The van der Waals surface area contributed by atoms with Gasteiger partial charge in [-0.2, -0.15) is 0 Å². The lowest BCUT2D eigenvalue weighted by molar-refractivity contribution is -0.914. The maximum Gasteiger partial charge on any atom is 0.114 e. The molecule has 0 aromatic carbocycles. The van der Waals surface area contributed by atoms with Gasteiger partial charge in [0.2, 0.25) is 0 Å². The summed E-state index contributed by atoms with van der Waals surface area (Å²) in [7, 11) is 2.15. The molecule has 0 aromatic rings. The van der Waals surface area contributed by atoms with Crippen molar-refractivity contribution in [3.05, 3.63) is 0 Å². The van der Waals surface area contributed by atoms with E-state index in [9.17, 15) is 4.39 Å². The highest BCUT2D eigenvalue weighted by atomic mass is 19.1. The Morgan fingerprint density at radius 3 is 2.50 bits per heavy atom. The maximum absolute atomic E-state index is 13.0. The molecule has 1 heterocycles. The van der Waals surface area contributed by atoms with E-state index in [1.54, 1.807) is 0 Å². The Balaban J connectivity index is 2.52. The molecule has 1 fully saturated rings.